The zero-order valence-corrected chi connectivity index (χ0v) is 17.7. The lowest BCUT2D eigenvalue weighted by Gasteiger charge is -2.02. The van der Waals surface area contributed by atoms with Gasteiger partial charge in [0.25, 0.3) is 0 Å². The molecule has 0 amide bonds. The summed E-state index contributed by atoms with van der Waals surface area (Å²) in [5.74, 6) is 0. The van der Waals surface area contributed by atoms with E-state index in [0.717, 1.165) is 37.4 Å². The van der Waals surface area contributed by atoms with Crippen LogP contribution in [0.15, 0.2) is 58.5 Å². The SMILES string of the molecule is C1CO1.CC(O)CO.CC1CO1.O=C=Nc1ccc(Cc2ccc(N=C=O)cc2)cc1. The van der Waals surface area contributed by atoms with Crippen molar-refractivity contribution >= 4 is 23.5 Å². The lowest BCUT2D eigenvalue weighted by molar-refractivity contribution is 0.110. The molecule has 2 aliphatic rings. The number of aliphatic imine (C=N–C) groups is 2. The first-order chi connectivity index (χ1) is 15.0. The Balaban J connectivity index is 0.000000322. The van der Waals surface area contributed by atoms with Crippen molar-refractivity contribution in [2.45, 2.75) is 32.5 Å². The van der Waals surface area contributed by atoms with E-state index in [9.17, 15) is 9.59 Å². The predicted molar refractivity (Wildman–Crippen MR) is 116 cm³/mol. The molecular formula is C23H28N2O6. The van der Waals surface area contributed by atoms with Crippen molar-refractivity contribution < 1.29 is 29.3 Å². The van der Waals surface area contributed by atoms with Crippen LogP contribution in [0.5, 0.6) is 0 Å². The quantitative estimate of drug-likeness (QED) is 0.429. The molecule has 166 valence electrons. The zero-order valence-electron chi connectivity index (χ0n) is 17.7. The second-order valence-electron chi connectivity index (χ2n) is 6.70. The lowest BCUT2D eigenvalue weighted by Crippen LogP contribution is -2.03. The number of aliphatic hydroxyl groups is 2. The Kier molecular flexibility index (Phi) is 13.3. The van der Waals surface area contributed by atoms with E-state index in [-0.39, 0.29) is 6.61 Å². The number of rotatable bonds is 5. The molecule has 0 saturated carbocycles. The van der Waals surface area contributed by atoms with Crippen molar-refractivity contribution in [2.75, 3.05) is 26.4 Å². The van der Waals surface area contributed by atoms with Gasteiger partial charge in [-0.1, -0.05) is 24.3 Å². The molecule has 0 aliphatic carbocycles. The van der Waals surface area contributed by atoms with Crippen molar-refractivity contribution in [3.05, 3.63) is 59.7 Å². The molecule has 8 nitrogen and oxygen atoms in total. The lowest BCUT2D eigenvalue weighted by atomic mass is 10.0. The predicted octanol–water partition coefficient (Wildman–Crippen LogP) is 2.99. The van der Waals surface area contributed by atoms with Crippen LogP contribution in [0.4, 0.5) is 11.4 Å². The van der Waals surface area contributed by atoms with Crippen LogP contribution in [0.1, 0.15) is 25.0 Å². The molecule has 2 unspecified atom stereocenters. The van der Waals surface area contributed by atoms with Crippen LogP contribution in [0.2, 0.25) is 0 Å². The first-order valence-corrected chi connectivity index (χ1v) is 9.80. The average Bonchev–Trinajstić information content (AvgIpc) is 3.68. The highest BCUT2D eigenvalue weighted by Crippen LogP contribution is 2.17. The third-order valence-corrected chi connectivity index (χ3v) is 3.60. The Morgan fingerprint density at radius 3 is 1.48 bits per heavy atom. The van der Waals surface area contributed by atoms with Crippen molar-refractivity contribution in [3.8, 4) is 0 Å². The molecular weight excluding hydrogens is 400 g/mol. The van der Waals surface area contributed by atoms with Crippen molar-refractivity contribution in [3.63, 3.8) is 0 Å². The highest BCUT2D eigenvalue weighted by molar-refractivity contribution is 5.51. The van der Waals surface area contributed by atoms with Gasteiger partial charge in [0.15, 0.2) is 0 Å². The molecule has 2 heterocycles. The standard InChI is InChI=1S/C15H10N2O2.C3H8O2.C3H6O.C2H4O/c18-10-16-14-5-1-12(2-6-14)9-13-3-7-15(8-4-13)17-11-19;1-3(5)2-4;1-3-2-4-3;1-2-3-1/h1-8H,9H2;3-5H,2H2,1H3;3H,2H2,1H3;1-2H2. The highest BCUT2D eigenvalue weighted by atomic mass is 16.6. The van der Waals surface area contributed by atoms with Crippen LogP contribution in [0, 0.1) is 0 Å². The third-order valence-electron chi connectivity index (χ3n) is 3.60. The minimum atomic E-state index is -0.560. The molecule has 2 N–H and O–H groups in total. The van der Waals surface area contributed by atoms with E-state index in [1.54, 1.807) is 24.3 Å². The number of isocyanates is 2. The summed E-state index contributed by atoms with van der Waals surface area (Å²) in [5, 5.41) is 16.0. The summed E-state index contributed by atoms with van der Waals surface area (Å²) >= 11 is 0. The molecule has 0 radical (unpaired) electrons. The first-order valence-electron chi connectivity index (χ1n) is 9.80. The molecule has 0 aromatic heterocycles. The number of hydrogen-bond donors (Lipinski definition) is 2. The number of nitrogens with zero attached hydrogens (tertiary/aromatic N) is 2. The van der Waals surface area contributed by atoms with Gasteiger partial charge in [-0.15, -0.1) is 0 Å². The summed E-state index contributed by atoms with van der Waals surface area (Å²) < 4.78 is 9.21. The van der Waals surface area contributed by atoms with E-state index in [4.69, 9.17) is 14.9 Å². The number of ether oxygens (including phenoxy) is 2. The Morgan fingerprint density at radius 1 is 0.968 bits per heavy atom. The largest absolute Gasteiger partial charge is 0.394 e. The topological polar surface area (TPSA) is 124 Å². The number of hydrogen-bond acceptors (Lipinski definition) is 8. The summed E-state index contributed by atoms with van der Waals surface area (Å²) in [4.78, 5) is 27.3. The maximum Gasteiger partial charge on any atom is 0.240 e. The van der Waals surface area contributed by atoms with Gasteiger partial charge in [0.05, 0.1) is 50.0 Å². The molecule has 2 aliphatic heterocycles. The molecule has 0 spiro atoms. The highest BCUT2D eigenvalue weighted by Gasteiger charge is 2.13. The molecule has 4 rings (SSSR count). The average molecular weight is 428 g/mol. The Morgan fingerprint density at radius 2 is 1.29 bits per heavy atom. The van der Waals surface area contributed by atoms with E-state index in [0.29, 0.717) is 17.5 Å². The van der Waals surface area contributed by atoms with Crippen LogP contribution in [0.25, 0.3) is 0 Å². The minimum Gasteiger partial charge on any atom is -0.394 e. The fourth-order valence-electron chi connectivity index (χ4n) is 1.81. The minimum absolute atomic E-state index is 0.139. The second kappa shape index (κ2) is 15.8. The Bertz CT molecular complexity index is 771. The van der Waals surface area contributed by atoms with Crippen LogP contribution < -0.4 is 0 Å². The van der Waals surface area contributed by atoms with Gasteiger partial charge in [-0.3, -0.25) is 0 Å². The van der Waals surface area contributed by atoms with Gasteiger partial charge in [0, 0.05) is 0 Å². The normalized spacial score (nSPS) is 15.5. The molecule has 2 aromatic carbocycles. The molecule has 2 atom stereocenters. The van der Waals surface area contributed by atoms with Crippen molar-refractivity contribution in [2.24, 2.45) is 9.98 Å². The monoisotopic (exact) mass is 428 g/mol. The van der Waals surface area contributed by atoms with Gasteiger partial charge >= 0.3 is 0 Å². The van der Waals surface area contributed by atoms with Gasteiger partial charge in [-0.2, -0.15) is 9.98 Å². The van der Waals surface area contributed by atoms with E-state index < -0.39 is 6.10 Å². The van der Waals surface area contributed by atoms with Gasteiger partial charge in [-0.05, 0) is 55.7 Å². The van der Waals surface area contributed by atoms with Gasteiger partial charge in [-0.25, -0.2) is 9.59 Å². The summed E-state index contributed by atoms with van der Waals surface area (Å²) in [5.41, 5.74) is 3.40. The van der Waals surface area contributed by atoms with Crippen molar-refractivity contribution in [1.82, 2.24) is 0 Å². The molecule has 2 aromatic rings. The number of carbonyl (C=O) groups excluding carboxylic acids is 2. The third kappa shape index (κ3) is 15.5. The van der Waals surface area contributed by atoms with Gasteiger partial charge in [0.1, 0.15) is 0 Å². The summed E-state index contributed by atoms with van der Waals surface area (Å²) in [6.45, 7) is 6.43. The van der Waals surface area contributed by atoms with E-state index in [2.05, 4.69) is 21.6 Å². The molecule has 8 heteroatoms. The fourth-order valence-corrected chi connectivity index (χ4v) is 1.81. The summed E-state index contributed by atoms with van der Waals surface area (Å²) in [6.07, 6.45) is 3.79. The smallest absolute Gasteiger partial charge is 0.240 e. The van der Waals surface area contributed by atoms with Crippen molar-refractivity contribution in [1.29, 1.82) is 0 Å². The number of aliphatic hydroxyl groups excluding tert-OH is 2. The van der Waals surface area contributed by atoms with E-state index in [1.165, 1.54) is 19.1 Å². The summed E-state index contributed by atoms with van der Waals surface area (Å²) in [7, 11) is 0. The fraction of sp³-hybridized carbons (Fsp3) is 0.391. The van der Waals surface area contributed by atoms with Crippen LogP contribution in [-0.4, -0.2) is 61.0 Å². The molecule has 2 fully saturated rings. The zero-order chi connectivity index (χ0) is 22.9. The van der Waals surface area contributed by atoms with Crippen LogP contribution >= 0.6 is 0 Å². The maximum absolute atomic E-state index is 10.1. The van der Waals surface area contributed by atoms with E-state index in [1.807, 2.05) is 24.3 Å². The number of epoxide rings is 2. The summed E-state index contributed by atoms with van der Waals surface area (Å²) in [6, 6.07) is 14.7. The van der Waals surface area contributed by atoms with Crippen LogP contribution in [-0.2, 0) is 25.5 Å². The first kappa shape index (κ1) is 26.1. The molecule has 0 bridgehead atoms. The number of benzene rings is 2. The maximum atomic E-state index is 10.1. The Hall–Kier alpha value is -2.96. The second-order valence-corrected chi connectivity index (χ2v) is 6.70. The molecule has 2 saturated heterocycles. The van der Waals surface area contributed by atoms with E-state index >= 15 is 0 Å². The van der Waals surface area contributed by atoms with Gasteiger partial charge in [0.2, 0.25) is 12.2 Å². The Labute approximate surface area is 181 Å². The van der Waals surface area contributed by atoms with Crippen LogP contribution in [0.3, 0.4) is 0 Å². The van der Waals surface area contributed by atoms with Gasteiger partial charge < -0.3 is 19.7 Å². The molecule has 31 heavy (non-hydrogen) atoms.